The van der Waals surface area contributed by atoms with Crippen LogP contribution in [-0.4, -0.2) is 18.0 Å². The highest BCUT2D eigenvalue weighted by Gasteiger charge is 2.54. The van der Waals surface area contributed by atoms with Gasteiger partial charge in [-0.25, -0.2) is 4.39 Å². The Morgan fingerprint density at radius 3 is 1.60 bits per heavy atom. The van der Waals surface area contributed by atoms with E-state index in [1.165, 1.54) is 0 Å². The van der Waals surface area contributed by atoms with Gasteiger partial charge in [-0.3, -0.25) is 4.39 Å². The number of hydrogen-bond donors (Lipinski definition) is 0. The highest BCUT2D eigenvalue weighted by molar-refractivity contribution is 6.23. The van der Waals surface area contributed by atoms with Crippen molar-refractivity contribution in [2.45, 2.75) is 17.7 Å². The molecule has 0 bridgehead atoms. The summed E-state index contributed by atoms with van der Waals surface area (Å²) in [5.74, 6) is 0. The van der Waals surface area contributed by atoms with E-state index in [2.05, 4.69) is 11.6 Å². The third-order valence-corrected chi connectivity index (χ3v) is 1.23. The number of halogens is 6. The van der Waals surface area contributed by atoms with Crippen molar-refractivity contribution in [2.75, 3.05) is 6.67 Å². The first-order valence-corrected chi connectivity index (χ1v) is 2.69. The van der Waals surface area contributed by atoms with Gasteiger partial charge in [0.2, 0.25) is 0 Å². The van der Waals surface area contributed by atoms with Crippen LogP contribution in [0, 0.1) is 0 Å². The van der Waals surface area contributed by atoms with Gasteiger partial charge in [-0.2, -0.15) is 13.2 Å². The summed E-state index contributed by atoms with van der Waals surface area (Å²) in [6.45, 7) is -1.43. The molecule has 0 saturated heterocycles. The van der Waals surface area contributed by atoms with Crippen molar-refractivity contribution < 1.29 is 22.0 Å². The Labute approximate surface area is 59.0 Å². The molecular weight excluding hydrogens is 178 g/mol. The van der Waals surface area contributed by atoms with E-state index in [0.717, 1.165) is 0 Å². The highest BCUT2D eigenvalue weighted by atomic mass is 35.5. The van der Waals surface area contributed by atoms with Gasteiger partial charge in [0.25, 0.3) is 5.13 Å². The van der Waals surface area contributed by atoms with Crippen LogP contribution in [0.2, 0.25) is 0 Å². The number of rotatable bonds is 2. The molecule has 0 spiro atoms. The molecule has 6 heteroatoms. The van der Waals surface area contributed by atoms with Crippen LogP contribution in [0.5, 0.6) is 0 Å². The second kappa shape index (κ2) is 2.90. The second-order valence-corrected chi connectivity index (χ2v) is 2.24. The zero-order valence-corrected chi connectivity index (χ0v) is 5.44. The largest absolute Gasteiger partial charge is 0.436 e. The molecule has 1 atom stereocenters. The van der Waals surface area contributed by atoms with Gasteiger partial charge in [0.05, 0.1) is 6.67 Å². The van der Waals surface area contributed by atoms with Gasteiger partial charge < -0.3 is 0 Å². The molecule has 0 rings (SSSR count). The standard InChI is InChI=1S/C4H4ClF5/c5-3(7,1-2-6)4(8,9)10/h1-2H2. The topological polar surface area (TPSA) is 0 Å². The molecule has 0 aliphatic carbocycles. The van der Waals surface area contributed by atoms with Crippen LogP contribution in [0.25, 0.3) is 0 Å². The average Bonchev–Trinajstić information content (AvgIpc) is 1.61. The molecular formula is C4H4ClF5. The molecule has 62 valence electrons. The maximum absolute atomic E-state index is 12.0. The molecule has 0 aromatic rings. The van der Waals surface area contributed by atoms with Gasteiger partial charge in [-0.05, 0) is 0 Å². The van der Waals surface area contributed by atoms with Crippen LogP contribution in [0.15, 0.2) is 0 Å². The molecule has 0 aromatic carbocycles. The minimum absolute atomic E-state index is 1.36. The van der Waals surface area contributed by atoms with Gasteiger partial charge in [0.15, 0.2) is 0 Å². The highest BCUT2D eigenvalue weighted by Crippen LogP contribution is 2.39. The van der Waals surface area contributed by atoms with E-state index >= 15 is 0 Å². The zero-order valence-electron chi connectivity index (χ0n) is 4.68. The molecule has 0 saturated carbocycles. The Morgan fingerprint density at radius 2 is 1.50 bits per heavy atom. The second-order valence-electron chi connectivity index (χ2n) is 1.64. The van der Waals surface area contributed by atoms with Gasteiger partial charge in [0, 0.05) is 6.42 Å². The summed E-state index contributed by atoms with van der Waals surface area (Å²) in [5, 5.41) is -3.91. The van der Waals surface area contributed by atoms with Gasteiger partial charge in [-0.1, -0.05) is 11.6 Å². The lowest BCUT2D eigenvalue weighted by Gasteiger charge is -2.18. The molecule has 0 aliphatic rings. The van der Waals surface area contributed by atoms with E-state index in [9.17, 15) is 22.0 Å². The molecule has 0 radical (unpaired) electrons. The molecule has 0 amide bonds. The van der Waals surface area contributed by atoms with E-state index in [4.69, 9.17) is 0 Å². The Bertz CT molecular complexity index is 107. The van der Waals surface area contributed by atoms with Crippen molar-refractivity contribution in [1.29, 1.82) is 0 Å². The Morgan fingerprint density at radius 1 is 1.10 bits per heavy atom. The predicted molar refractivity (Wildman–Crippen MR) is 26.3 cm³/mol. The van der Waals surface area contributed by atoms with Crippen LogP contribution < -0.4 is 0 Å². The molecule has 0 heterocycles. The summed E-state index contributed by atoms with van der Waals surface area (Å²) < 4.78 is 57.2. The lowest BCUT2D eigenvalue weighted by molar-refractivity contribution is -0.200. The van der Waals surface area contributed by atoms with E-state index in [-0.39, 0.29) is 0 Å². The van der Waals surface area contributed by atoms with Crippen molar-refractivity contribution in [3.8, 4) is 0 Å². The van der Waals surface area contributed by atoms with E-state index < -0.39 is 24.4 Å². The fourth-order valence-corrected chi connectivity index (χ4v) is 0.332. The average molecular weight is 183 g/mol. The van der Waals surface area contributed by atoms with Crippen LogP contribution in [-0.2, 0) is 0 Å². The fourth-order valence-electron chi connectivity index (χ4n) is 0.260. The molecule has 1 unspecified atom stereocenters. The minimum Gasteiger partial charge on any atom is -0.251 e. The Kier molecular flexibility index (Phi) is 2.88. The lowest BCUT2D eigenvalue weighted by atomic mass is 10.3. The van der Waals surface area contributed by atoms with E-state index in [0.29, 0.717) is 0 Å². The van der Waals surface area contributed by atoms with Crippen LogP contribution in [0.4, 0.5) is 22.0 Å². The monoisotopic (exact) mass is 182 g/mol. The maximum atomic E-state index is 12.0. The fraction of sp³-hybridized carbons (Fsp3) is 1.00. The molecule has 0 fully saturated rings. The van der Waals surface area contributed by atoms with Gasteiger partial charge in [0.1, 0.15) is 0 Å². The van der Waals surface area contributed by atoms with Crippen molar-refractivity contribution in [2.24, 2.45) is 0 Å². The van der Waals surface area contributed by atoms with Gasteiger partial charge >= 0.3 is 6.18 Å². The smallest absolute Gasteiger partial charge is 0.251 e. The number of alkyl halides is 6. The first kappa shape index (κ1) is 9.94. The Balaban J connectivity index is 4.10. The summed E-state index contributed by atoms with van der Waals surface area (Å²) in [6, 6.07) is 0. The predicted octanol–water partition coefficient (Wildman–Crippen LogP) is 2.81. The zero-order chi connectivity index (χ0) is 8.41. The third-order valence-electron chi connectivity index (χ3n) is 0.823. The van der Waals surface area contributed by atoms with E-state index in [1.807, 2.05) is 0 Å². The van der Waals surface area contributed by atoms with Crippen molar-refractivity contribution in [3.05, 3.63) is 0 Å². The lowest BCUT2D eigenvalue weighted by Crippen LogP contribution is -2.35. The van der Waals surface area contributed by atoms with Crippen LogP contribution in [0.1, 0.15) is 6.42 Å². The minimum atomic E-state index is -5.19. The van der Waals surface area contributed by atoms with E-state index in [1.54, 1.807) is 0 Å². The number of hydrogen-bond acceptors (Lipinski definition) is 0. The SMILES string of the molecule is FCCC(F)(Cl)C(F)(F)F. The van der Waals surface area contributed by atoms with Crippen LogP contribution in [0.3, 0.4) is 0 Å². The first-order valence-electron chi connectivity index (χ1n) is 2.32. The molecule has 0 aliphatic heterocycles. The van der Waals surface area contributed by atoms with Crippen molar-refractivity contribution >= 4 is 11.6 Å². The normalized spacial score (nSPS) is 18.6. The van der Waals surface area contributed by atoms with Gasteiger partial charge in [-0.15, -0.1) is 0 Å². The third kappa shape index (κ3) is 2.28. The van der Waals surface area contributed by atoms with Crippen molar-refractivity contribution in [1.82, 2.24) is 0 Å². The molecule has 0 N–H and O–H groups in total. The summed E-state index contributed by atoms with van der Waals surface area (Å²) in [5.41, 5.74) is 0. The first-order chi connectivity index (χ1) is 4.31. The maximum Gasteiger partial charge on any atom is 0.436 e. The quantitative estimate of drug-likeness (QED) is 0.455. The molecule has 10 heavy (non-hydrogen) atoms. The summed E-state index contributed by atoms with van der Waals surface area (Å²) in [4.78, 5) is 0. The summed E-state index contributed by atoms with van der Waals surface area (Å²) in [7, 11) is 0. The van der Waals surface area contributed by atoms with Crippen molar-refractivity contribution in [3.63, 3.8) is 0 Å². The summed E-state index contributed by atoms with van der Waals surface area (Å²) >= 11 is 4.28. The molecule has 0 aromatic heterocycles. The Hall–Kier alpha value is -0.0600. The summed E-state index contributed by atoms with van der Waals surface area (Å²) in [6.07, 6.45) is -6.56. The molecule has 0 nitrogen and oxygen atoms in total. The van der Waals surface area contributed by atoms with Crippen LogP contribution >= 0.6 is 11.6 Å².